The topological polar surface area (TPSA) is 58.6 Å². The summed E-state index contributed by atoms with van der Waals surface area (Å²) in [6.07, 6.45) is -0.165. The van der Waals surface area contributed by atoms with E-state index in [1.54, 1.807) is 0 Å². The van der Waals surface area contributed by atoms with E-state index in [-0.39, 0.29) is 17.1 Å². The number of hydrogen-bond donors (Lipinski definition) is 2. The Kier molecular flexibility index (Phi) is 3.56. The first-order valence-corrected chi connectivity index (χ1v) is 6.45. The minimum absolute atomic E-state index is 0.0694. The zero-order valence-corrected chi connectivity index (χ0v) is 11.0. The lowest BCUT2D eigenvalue weighted by Gasteiger charge is -2.41. The van der Waals surface area contributed by atoms with Crippen LogP contribution in [0.4, 0.5) is 0 Å². The molecule has 0 aromatic heterocycles. The van der Waals surface area contributed by atoms with E-state index < -0.39 is 13.8 Å². The molecule has 0 spiro atoms. The van der Waals surface area contributed by atoms with E-state index in [1.165, 1.54) is 0 Å². The molecule has 1 saturated heterocycles. The molecule has 1 rings (SSSR count). The van der Waals surface area contributed by atoms with E-state index in [0.29, 0.717) is 6.61 Å². The molecule has 1 fully saturated rings. The van der Waals surface area contributed by atoms with Crippen LogP contribution in [0.1, 0.15) is 34.6 Å². The largest absolute Gasteiger partial charge is 0.525 e. The predicted octanol–water partition coefficient (Wildman–Crippen LogP) is 2.07. The van der Waals surface area contributed by atoms with Gasteiger partial charge in [-0.25, -0.2) is 5.32 Å². The second-order valence-electron chi connectivity index (χ2n) is 5.92. The highest BCUT2D eigenvalue weighted by atomic mass is 31.1. The molecule has 1 heterocycles. The van der Waals surface area contributed by atoms with Crippen molar-refractivity contribution in [1.29, 1.82) is 0 Å². The van der Waals surface area contributed by atoms with Gasteiger partial charge in [-0.2, -0.15) is 4.89 Å². The van der Waals surface area contributed by atoms with Gasteiger partial charge in [-0.05, 0) is 4.57 Å². The number of hydrogen-bond acceptors (Lipinski definition) is 3. The van der Waals surface area contributed by atoms with Gasteiger partial charge in [0, 0.05) is 5.41 Å². The van der Waals surface area contributed by atoms with Crippen molar-refractivity contribution in [1.82, 2.24) is 5.32 Å². The Morgan fingerprint density at radius 2 is 2.00 bits per heavy atom. The molecule has 88 valence electrons. The van der Waals surface area contributed by atoms with E-state index >= 15 is 0 Å². The first kappa shape index (κ1) is 13.0. The SMILES string of the molecule is CC(C)(C)C1NC([P+](=O)O)C(C)(C)CO1. The Balaban J connectivity index is 2.80. The van der Waals surface area contributed by atoms with Crippen molar-refractivity contribution in [3.05, 3.63) is 0 Å². The third kappa shape index (κ3) is 2.97. The van der Waals surface area contributed by atoms with Gasteiger partial charge in [0.15, 0.2) is 0 Å². The molecule has 0 aliphatic carbocycles. The molecule has 0 aromatic rings. The van der Waals surface area contributed by atoms with Crippen LogP contribution in [0.5, 0.6) is 0 Å². The average molecular weight is 234 g/mol. The Morgan fingerprint density at radius 3 is 2.40 bits per heavy atom. The summed E-state index contributed by atoms with van der Waals surface area (Å²) in [7, 11) is -2.22. The molecule has 1 aliphatic heterocycles. The molecular weight excluding hydrogens is 213 g/mol. The molecule has 3 unspecified atom stereocenters. The highest BCUT2D eigenvalue weighted by Gasteiger charge is 2.50. The van der Waals surface area contributed by atoms with Crippen molar-refractivity contribution < 1.29 is 14.2 Å². The normalized spacial score (nSPS) is 32.5. The summed E-state index contributed by atoms with van der Waals surface area (Å²) in [4.78, 5) is 9.29. The van der Waals surface area contributed by atoms with Crippen LogP contribution in [0.3, 0.4) is 0 Å². The fourth-order valence-electron chi connectivity index (χ4n) is 1.66. The average Bonchev–Trinajstić information content (AvgIpc) is 2.00. The third-order valence-corrected chi connectivity index (χ3v) is 3.97. The predicted molar refractivity (Wildman–Crippen MR) is 59.7 cm³/mol. The molecule has 5 heteroatoms. The summed E-state index contributed by atoms with van der Waals surface area (Å²) in [6.45, 7) is 10.5. The van der Waals surface area contributed by atoms with Crippen LogP contribution < -0.4 is 5.32 Å². The molecule has 0 radical (unpaired) electrons. The van der Waals surface area contributed by atoms with Crippen molar-refractivity contribution in [3.63, 3.8) is 0 Å². The summed E-state index contributed by atoms with van der Waals surface area (Å²) in [5.74, 6) is -0.398. The highest BCUT2D eigenvalue weighted by molar-refractivity contribution is 7.38. The maximum atomic E-state index is 11.3. The van der Waals surface area contributed by atoms with Crippen LogP contribution >= 0.6 is 8.03 Å². The summed E-state index contributed by atoms with van der Waals surface area (Å²) in [5, 5.41) is 3.13. The van der Waals surface area contributed by atoms with Crippen LogP contribution in [-0.4, -0.2) is 23.5 Å². The molecule has 0 amide bonds. The van der Waals surface area contributed by atoms with Crippen molar-refractivity contribution in [3.8, 4) is 0 Å². The van der Waals surface area contributed by atoms with Gasteiger partial charge in [-0.1, -0.05) is 34.6 Å². The lowest BCUT2D eigenvalue weighted by atomic mass is 9.88. The van der Waals surface area contributed by atoms with Gasteiger partial charge in [0.1, 0.15) is 6.23 Å². The van der Waals surface area contributed by atoms with Crippen LogP contribution in [0.15, 0.2) is 0 Å². The molecular formula is C10H21NO3P+. The summed E-state index contributed by atoms with van der Waals surface area (Å²) in [5.41, 5.74) is -0.371. The van der Waals surface area contributed by atoms with Crippen LogP contribution in [0.25, 0.3) is 0 Å². The molecule has 4 nitrogen and oxygen atoms in total. The minimum atomic E-state index is -2.22. The number of nitrogens with one attached hydrogen (secondary N) is 1. The van der Waals surface area contributed by atoms with E-state index in [4.69, 9.17) is 4.74 Å². The molecule has 2 N–H and O–H groups in total. The first-order valence-electron chi connectivity index (χ1n) is 5.17. The molecule has 0 bridgehead atoms. The van der Waals surface area contributed by atoms with Crippen molar-refractivity contribution in [2.45, 2.75) is 46.6 Å². The zero-order chi connectivity index (χ0) is 11.9. The number of rotatable bonds is 1. The zero-order valence-electron chi connectivity index (χ0n) is 10.1. The molecule has 0 saturated carbocycles. The Morgan fingerprint density at radius 1 is 1.47 bits per heavy atom. The lowest BCUT2D eigenvalue weighted by molar-refractivity contribution is -0.114. The van der Waals surface area contributed by atoms with E-state index in [0.717, 1.165) is 0 Å². The van der Waals surface area contributed by atoms with Gasteiger partial charge >= 0.3 is 8.03 Å². The number of ether oxygens (including phenoxy) is 1. The molecule has 0 aromatic carbocycles. The van der Waals surface area contributed by atoms with Crippen LogP contribution in [-0.2, 0) is 9.30 Å². The van der Waals surface area contributed by atoms with Crippen LogP contribution in [0, 0.1) is 10.8 Å². The van der Waals surface area contributed by atoms with Crippen molar-refractivity contribution >= 4 is 8.03 Å². The Labute approximate surface area is 92.3 Å². The van der Waals surface area contributed by atoms with Gasteiger partial charge in [0.05, 0.1) is 12.0 Å². The second-order valence-corrected chi connectivity index (χ2v) is 7.04. The maximum absolute atomic E-state index is 11.3. The Hall–Kier alpha value is -0.0200. The minimum Gasteiger partial charge on any atom is -0.362 e. The third-order valence-electron chi connectivity index (χ3n) is 2.68. The van der Waals surface area contributed by atoms with Gasteiger partial charge in [0.25, 0.3) is 0 Å². The smallest absolute Gasteiger partial charge is 0.362 e. The van der Waals surface area contributed by atoms with E-state index in [9.17, 15) is 9.46 Å². The van der Waals surface area contributed by atoms with Gasteiger partial charge < -0.3 is 4.74 Å². The molecule has 1 aliphatic rings. The van der Waals surface area contributed by atoms with Crippen molar-refractivity contribution in [2.24, 2.45) is 10.8 Å². The summed E-state index contributed by atoms with van der Waals surface area (Å²) < 4.78 is 17.0. The second kappa shape index (κ2) is 4.10. The molecule has 15 heavy (non-hydrogen) atoms. The lowest BCUT2D eigenvalue weighted by Crippen LogP contribution is -2.58. The van der Waals surface area contributed by atoms with Gasteiger partial charge in [-0.15, -0.1) is 0 Å². The standard InChI is InChI=1S/C10H20NO3P/c1-9(2,3)7-11-8(15(12)13)10(4,5)6-14-7/h7-8,11H,6H2,1-5H3/p+1. The summed E-state index contributed by atoms with van der Waals surface area (Å²) in [6, 6.07) is 0. The Bertz CT molecular complexity index is 260. The fraction of sp³-hybridized carbons (Fsp3) is 1.00. The first-order chi connectivity index (χ1) is 6.64. The van der Waals surface area contributed by atoms with Gasteiger partial charge in [-0.3, -0.25) is 0 Å². The van der Waals surface area contributed by atoms with Gasteiger partial charge in [0.2, 0.25) is 5.78 Å². The molecule has 3 atom stereocenters. The van der Waals surface area contributed by atoms with Crippen LogP contribution in [0.2, 0.25) is 0 Å². The summed E-state index contributed by atoms with van der Waals surface area (Å²) >= 11 is 0. The van der Waals surface area contributed by atoms with E-state index in [1.807, 2.05) is 34.6 Å². The van der Waals surface area contributed by atoms with E-state index in [2.05, 4.69) is 5.32 Å². The quantitative estimate of drug-likeness (QED) is 0.682. The van der Waals surface area contributed by atoms with Crippen molar-refractivity contribution in [2.75, 3.05) is 6.61 Å². The maximum Gasteiger partial charge on any atom is 0.525 e. The fourth-order valence-corrected chi connectivity index (χ4v) is 2.59. The monoisotopic (exact) mass is 234 g/mol. The highest BCUT2D eigenvalue weighted by Crippen LogP contribution is 2.41.